The number of azo groups is 1. The van der Waals surface area contributed by atoms with E-state index < -0.39 is 0 Å². The maximum atomic E-state index is 4.41. The average Bonchev–Trinajstić information content (AvgIpc) is 2.60. The zero-order chi connectivity index (χ0) is 15.4. The Bertz CT molecular complexity index is 807. The molecule has 0 aromatic heterocycles. The van der Waals surface area contributed by atoms with E-state index in [9.17, 15) is 0 Å². The number of nitrogens with one attached hydrogen (secondary N) is 2. The lowest BCUT2D eigenvalue weighted by atomic mass is 10.1. The van der Waals surface area contributed by atoms with Gasteiger partial charge in [0.1, 0.15) is 0 Å². The molecule has 3 aromatic rings. The van der Waals surface area contributed by atoms with E-state index in [0.717, 1.165) is 33.5 Å². The van der Waals surface area contributed by atoms with Crippen LogP contribution in [0.3, 0.4) is 0 Å². The van der Waals surface area contributed by atoms with Gasteiger partial charge in [0.05, 0.1) is 11.4 Å². The quantitative estimate of drug-likeness (QED) is 0.637. The lowest BCUT2D eigenvalue weighted by Gasteiger charge is -2.07. The molecule has 0 spiro atoms. The van der Waals surface area contributed by atoms with E-state index in [4.69, 9.17) is 0 Å². The molecule has 0 aliphatic carbocycles. The Morgan fingerprint density at radius 2 is 1.41 bits per heavy atom. The molecule has 22 heavy (non-hydrogen) atoms. The van der Waals surface area contributed by atoms with Crippen molar-refractivity contribution in [3.63, 3.8) is 0 Å². The van der Waals surface area contributed by atoms with E-state index in [-0.39, 0.29) is 0 Å². The van der Waals surface area contributed by atoms with E-state index in [1.807, 2.05) is 62.6 Å². The molecule has 3 aromatic carbocycles. The van der Waals surface area contributed by atoms with Crippen molar-refractivity contribution in [3.8, 4) is 0 Å². The van der Waals surface area contributed by atoms with Crippen molar-refractivity contribution in [2.45, 2.75) is 0 Å². The molecule has 0 radical (unpaired) electrons. The summed E-state index contributed by atoms with van der Waals surface area (Å²) < 4.78 is 0. The Hall–Kier alpha value is -2.88. The Morgan fingerprint density at radius 1 is 0.682 bits per heavy atom. The fourth-order valence-corrected chi connectivity index (χ4v) is 2.39. The first kappa shape index (κ1) is 14.1. The summed E-state index contributed by atoms with van der Waals surface area (Å²) in [6.07, 6.45) is 0. The first-order valence-electron chi connectivity index (χ1n) is 7.21. The molecular weight excluding hydrogens is 272 g/mol. The van der Waals surface area contributed by atoms with Crippen LogP contribution in [0.1, 0.15) is 0 Å². The van der Waals surface area contributed by atoms with Crippen molar-refractivity contribution in [1.82, 2.24) is 0 Å². The molecule has 0 fully saturated rings. The molecule has 0 bridgehead atoms. The van der Waals surface area contributed by atoms with Gasteiger partial charge in [-0.1, -0.05) is 24.3 Å². The number of nitrogens with zero attached hydrogens (tertiary/aromatic N) is 2. The predicted molar refractivity (Wildman–Crippen MR) is 93.7 cm³/mol. The third kappa shape index (κ3) is 2.76. The summed E-state index contributed by atoms with van der Waals surface area (Å²) in [6.45, 7) is 0. The van der Waals surface area contributed by atoms with Gasteiger partial charge < -0.3 is 10.6 Å². The van der Waals surface area contributed by atoms with Crippen molar-refractivity contribution < 1.29 is 0 Å². The average molecular weight is 290 g/mol. The highest BCUT2D eigenvalue weighted by Gasteiger charge is 2.03. The number of hydrogen-bond acceptors (Lipinski definition) is 4. The smallest absolute Gasteiger partial charge is 0.0936 e. The summed E-state index contributed by atoms with van der Waals surface area (Å²) in [7, 11) is 3.82. The predicted octanol–water partition coefficient (Wildman–Crippen LogP) is 5.34. The monoisotopic (exact) mass is 290 g/mol. The second-order valence-corrected chi connectivity index (χ2v) is 4.92. The summed E-state index contributed by atoms with van der Waals surface area (Å²) in [4.78, 5) is 0. The fraction of sp³-hybridized carbons (Fsp3) is 0.111. The molecule has 0 amide bonds. The van der Waals surface area contributed by atoms with E-state index in [2.05, 4.69) is 33.0 Å². The summed E-state index contributed by atoms with van der Waals surface area (Å²) in [5.74, 6) is 0. The van der Waals surface area contributed by atoms with Gasteiger partial charge in [-0.25, -0.2) is 0 Å². The van der Waals surface area contributed by atoms with Gasteiger partial charge in [0.2, 0.25) is 0 Å². The standard InChI is InChI=1S/C18H18N4/c1-19-13-7-9-14(10-8-13)21-22-18-12-11-17(20-2)15-5-3-4-6-16(15)18/h3-12,19-20H,1-2H3. The molecule has 0 heterocycles. The normalized spacial score (nSPS) is 11.0. The second-order valence-electron chi connectivity index (χ2n) is 4.92. The second kappa shape index (κ2) is 6.26. The number of anilines is 2. The Labute approximate surface area is 129 Å². The molecule has 0 aliphatic heterocycles. The Balaban J connectivity index is 1.98. The summed E-state index contributed by atoms with van der Waals surface area (Å²) in [5, 5.41) is 17.3. The van der Waals surface area contributed by atoms with Crippen molar-refractivity contribution in [3.05, 3.63) is 60.7 Å². The van der Waals surface area contributed by atoms with Crippen LogP contribution in [0.15, 0.2) is 70.9 Å². The van der Waals surface area contributed by atoms with Crippen LogP contribution in [0.25, 0.3) is 10.8 Å². The van der Waals surface area contributed by atoms with E-state index in [1.54, 1.807) is 0 Å². The molecule has 0 saturated heterocycles. The van der Waals surface area contributed by atoms with E-state index in [1.165, 1.54) is 0 Å². The van der Waals surface area contributed by atoms with E-state index >= 15 is 0 Å². The van der Waals surface area contributed by atoms with Gasteiger partial charge in [-0.05, 0) is 36.4 Å². The lowest BCUT2D eigenvalue weighted by Crippen LogP contribution is -1.88. The van der Waals surface area contributed by atoms with Gasteiger partial charge in [-0.2, -0.15) is 5.11 Å². The highest BCUT2D eigenvalue weighted by Crippen LogP contribution is 2.32. The van der Waals surface area contributed by atoms with Gasteiger partial charge in [-0.15, -0.1) is 5.11 Å². The van der Waals surface area contributed by atoms with Gasteiger partial charge >= 0.3 is 0 Å². The number of fused-ring (bicyclic) bond motifs is 1. The topological polar surface area (TPSA) is 48.8 Å². The molecule has 4 nitrogen and oxygen atoms in total. The van der Waals surface area contributed by atoms with Gasteiger partial charge in [-0.3, -0.25) is 0 Å². The molecule has 0 unspecified atom stereocenters. The zero-order valence-electron chi connectivity index (χ0n) is 12.7. The van der Waals surface area contributed by atoms with Crippen molar-refractivity contribution in [2.75, 3.05) is 24.7 Å². The largest absolute Gasteiger partial charge is 0.388 e. The first-order valence-corrected chi connectivity index (χ1v) is 7.21. The van der Waals surface area contributed by atoms with Crippen molar-refractivity contribution >= 4 is 33.5 Å². The molecule has 2 N–H and O–H groups in total. The minimum atomic E-state index is 0.834. The minimum Gasteiger partial charge on any atom is -0.388 e. The molecule has 0 saturated carbocycles. The van der Waals surface area contributed by atoms with Crippen LogP contribution in [0.2, 0.25) is 0 Å². The molecular formula is C18H18N4. The van der Waals surface area contributed by atoms with E-state index in [0.29, 0.717) is 0 Å². The third-order valence-electron chi connectivity index (χ3n) is 3.60. The van der Waals surface area contributed by atoms with Crippen LogP contribution in [-0.2, 0) is 0 Å². The zero-order valence-corrected chi connectivity index (χ0v) is 12.7. The summed E-state index contributed by atoms with van der Waals surface area (Å²) >= 11 is 0. The fourth-order valence-electron chi connectivity index (χ4n) is 2.39. The van der Waals surface area contributed by atoms with Crippen LogP contribution < -0.4 is 10.6 Å². The van der Waals surface area contributed by atoms with Crippen LogP contribution in [-0.4, -0.2) is 14.1 Å². The van der Waals surface area contributed by atoms with Crippen LogP contribution >= 0.6 is 0 Å². The number of benzene rings is 3. The highest BCUT2D eigenvalue weighted by molar-refractivity contribution is 6.00. The van der Waals surface area contributed by atoms with Crippen molar-refractivity contribution in [2.24, 2.45) is 10.2 Å². The molecule has 0 atom stereocenters. The SMILES string of the molecule is CNc1ccc(N=Nc2ccc(NC)c3ccccc23)cc1. The minimum absolute atomic E-state index is 0.834. The molecule has 4 heteroatoms. The maximum Gasteiger partial charge on any atom is 0.0936 e. The Morgan fingerprint density at radius 3 is 2.09 bits per heavy atom. The van der Waals surface area contributed by atoms with Crippen molar-refractivity contribution in [1.29, 1.82) is 0 Å². The highest BCUT2D eigenvalue weighted by atomic mass is 15.1. The Kier molecular flexibility index (Phi) is 4.01. The van der Waals surface area contributed by atoms with Crippen LogP contribution in [0.5, 0.6) is 0 Å². The lowest BCUT2D eigenvalue weighted by molar-refractivity contribution is 1.24. The first-order chi connectivity index (χ1) is 10.8. The maximum absolute atomic E-state index is 4.41. The van der Waals surface area contributed by atoms with Crippen LogP contribution in [0, 0.1) is 0 Å². The summed E-state index contributed by atoms with van der Waals surface area (Å²) in [6, 6.07) is 20.1. The van der Waals surface area contributed by atoms with Crippen LogP contribution in [0.4, 0.5) is 22.7 Å². The third-order valence-corrected chi connectivity index (χ3v) is 3.60. The molecule has 110 valence electrons. The number of rotatable bonds is 4. The van der Waals surface area contributed by atoms with Gasteiger partial charge in [0, 0.05) is 36.2 Å². The molecule has 3 rings (SSSR count). The van der Waals surface area contributed by atoms with Gasteiger partial charge in [0.15, 0.2) is 0 Å². The molecule has 0 aliphatic rings. The number of hydrogen-bond donors (Lipinski definition) is 2. The van der Waals surface area contributed by atoms with Gasteiger partial charge in [0.25, 0.3) is 0 Å². The summed E-state index contributed by atoms with van der Waals surface area (Å²) in [5.41, 5.74) is 3.85.